The van der Waals surface area contributed by atoms with E-state index >= 15 is 0 Å². The van der Waals surface area contributed by atoms with Gasteiger partial charge in [0.1, 0.15) is 18.2 Å². The van der Waals surface area contributed by atoms with Crippen molar-refractivity contribution in [1.82, 2.24) is 19.6 Å². The van der Waals surface area contributed by atoms with E-state index in [-0.39, 0.29) is 30.2 Å². The minimum Gasteiger partial charge on any atom is -0.496 e. The molecule has 1 N–H and O–H groups in total. The quantitative estimate of drug-likeness (QED) is 0.452. The molecule has 0 bridgehead atoms. The average Bonchev–Trinajstić information content (AvgIpc) is 3.51. The molecule has 0 aliphatic carbocycles. The average molecular weight is 510 g/mol. The first-order valence-corrected chi connectivity index (χ1v) is 12.1. The molecule has 0 spiro atoms. The summed E-state index contributed by atoms with van der Waals surface area (Å²) >= 11 is 0. The summed E-state index contributed by atoms with van der Waals surface area (Å²) in [5.74, 6) is -0.142. The molecule has 196 valence electrons. The van der Waals surface area contributed by atoms with Gasteiger partial charge in [-0.15, -0.1) is 0 Å². The second-order valence-electron chi connectivity index (χ2n) is 9.26. The van der Waals surface area contributed by atoms with Crippen LogP contribution in [0.1, 0.15) is 28.4 Å². The molecule has 2 amide bonds. The third-order valence-corrected chi connectivity index (χ3v) is 6.43. The van der Waals surface area contributed by atoms with E-state index in [2.05, 4.69) is 15.3 Å². The van der Waals surface area contributed by atoms with Gasteiger partial charge in [0.25, 0.3) is 5.91 Å². The number of halogens is 1. The van der Waals surface area contributed by atoms with Crippen LogP contribution in [0.2, 0.25) is 0 Å². The van der Waals surface area contributed by atoms with Gasteiger partial charge in [-0.1, -0.05) is 24.3 Å². The van der Waals surface area contributed by atoms with Crippen molar-refractivity contribution >= 4 is 17.5 Å². The van der Waals surface area contributed by atoms with E-state index in [4.69, 9.17) is 9.47 Å². The molecule has 0 saturated carbocycles. The maximum absolute atomic E-state index is 13.5. The Morgan fingerprint density at radius 3 is 2.76 bits per heavy atom. The number of amides is 2. The van der Waals surface area contributed by atoms with Crippen molar-refractivity contribution in [2.75, 3.05) is 46.3 Å². The Labute approximate surface area is 215 Å². The number of para-hydroxylation sites is 1. The van der Waals surface area contributed by atoms with E-state index in [9.17, 15) is 14.0 Å². The van der Waals surface area contributed by atoms with Gasteiger partial charge in [0.2, 0.25) is 5.91 Å². The normalized spacial score (nSPS) is 17.5. The third kappa shape index (κ3) is 6.72. The number of anilines is 1. The van der Waals surface area contributed by atoms with E-state index in [0.29, 0.717) is 25.4 Å². The lowest BCUT2D eigenvalue weighted by Crippen LogP contribution is -2.34. The molecule has 37 heavy (non-hydrogen) atoms. The summed E-state index contributed by atoms with van der Waals surface area (Å²) in [7, 11) is 5.06. The standard InChI is InChI=1S/C27H32FN5O4/c1-31(2)26(34)18-37-17-24-12-23(16-32(24)14-20-7-4-5-10-25(20)36-3)33-15-22(13-29-33)30-27(35)19-8-6-9-21(28)11-19/h4-11,13,15,23-24H,12,14,16-18H2,1-3H3,(H,30,35)/t23-,24-/m0/s1. The minimum atomic E-state index is -0.468. The first-order valence-electron chi connectivity index (χ1n) is 12.1. The smallest absolute Gasteiger partial charge is 0.255 e. The van der Waals surface area contributed by atoms with Crippen LogP contribution in [-0.4, -0.2) is 78.4 Å². The largest absolute Gasteiger partial charge is 0.496 e. The van der Waals surface area contributed by atoms with E-state index in [1.807, 2.05) is 28.9 Å². The van der Waals surface area contributed by atoms with E-state index in [1.54, 1.807) is 39.7 Å². The van der Waals surface area contributed by atoms with Gasteiger partial charge in [0.15, 0.2) is 0 Å². The summed E-state index contributed by atoms with van der Waals surface area (Å²) in [5.41, 5.74) is 1.83. The number of nitrogens with zero attached hydrogens (tertiary/aromatic N) is 4. The van der Waals surface area contributed by atoms with Gasteiger partial charge in [-0.25, -0.2) is 4.39 Å². The van der Waals surface area contributed by atoms with Gasteiger partial charge in [-0.2, -0.15) is 5.10 Å². The summed E-state index contributed by atoms with van der Waals surface area (Å²) in [4.78, 5) is 28.3. The fourth-order valence-corrected chi connectivity index (χ4v) is 4.42. The molecular formula is C27H32FN5O4. The first kappa shape index (κ1) is 26.3. The molecule has 4 rings (SSSR count). The predicted molar refractivity (Wildman–Crippen MR) is 137 cm³/mol. The summed E-state index contributed by atoms with van der Waals surface area (Å²) in [6.45, 7) is 1.78. The third-order valence-electron chi connectivity index (χ3n) is 6.43. The molecule has 0 radical (unpaired) electrons. The number of nitrogens with one attached hydrogen (secondary N) is 1. The first-order chi connectivity index (χ1) is 17.8. The van der Waals surface area contributed by atoms with E-state index in [0.717, 1.165) is 17.7 Å². The highest BCUT2D eigenvalue weighted by atomic mass is 19.1. The van der Waals surface area contributed by atoms with Crippen LogP contribution in [-0.2, 0) is 16.1 Å². The summed E-state index contributed by atoms with van der Waals surface area (Å²) < 4.78 is 26.6. The van der Waals surface area contributed by atoms with Crippen LogP contribution in [0.25, 0.3) is 0 Å². The molecule has 1 aliphatic heterocycles. The zero-order valence-electron chi connectivity index (χ0n) is 21.3. The van der Waals surface area contributed by atoms with Crippen molar-refractivity contribution in [3.63, 3.8) is 0 Å². The summed E-state index contributed by atoms with van der Waals surface area (Å²) in [6, 6.07) is 13.5. The highest BCUT2D eigenvalue weighted by molar-refractivity contribution is 6.04. The topological polar surface area (TPSA) is 88.9 Å². The monoisotopic (exact) mass is 509 g/mol. The number of ether oxygens (including phenoxy) is 2. The van der Waals surface area contributed by atoms with Gasteiger partial charge >= 0.3 is 0 Å². The number of rotatable bonds is 10. The number of carbonyl (C=O) groups is 2. The SMILES string of the molecule is COc1ccccc1CN1C[C@@H](n2cc(NC(=O)c3cccc(F)c3)cn2)C[C@H]1COCC(=O)N(C)C. The Bertz CT molecular complexity index is 1230. The molecule has 2 heterocycles. The molecule has 10 heteroatoms. The van der Waals surface area contributed by atoms with Crippen LogP contribution in [0.4, 0.5) is 10.1 Å². The molecule has 3 aromatic rings. The molecular weight excluding hydrogens is 477 g/mol. The number of hydrogen-bond donors (Lipinski definition) is 1. The second-order valence-corrected chi connectivity index (χ2v) is 9.26. The van der Waals surface area contributed by atoms with E-state index < -0.39 is 11.7 Å². The van der Waals surface area contributed by atoms with Crippen molar-refractivity contribution in [2.24, 2.45) is 0 Å². The maximum atomic E-state index is 13.5. The van der Waals surface area contributed by atoms with Crippen LogP contribution in [0.5, 0.6) is 5.75 Å². The van der Waals surface area contributed by atoms with Gasteiger partial charge < -0.3 is 19.7 Å². The highest BCUT2D eigenvalue weighted by Gasteiger charge is 2.34. The lowest BCUT2D eigenvalue weighted by atomic mass is 10.1. The Hall–Kier alpha value is -3.76. The van der Waals surface area contributed by atoms with Gasteiger partial charge in [-0.3, -0.25) is 19.2 Å². The molecule has 1 saturated heterocycles. The summed E-state index contributed by atoms with van der Waals surface area (Å²) in [6.07, 6.45) is 4.12. The van der Waals surface area contributed by atoms with E-state index in [1.165, 1.54) is 23.1 Å². The van der Waals surface area contributed by atoms with Gasteiger partial charge in [-0.05, 0) is 30.7 Å². The van der Waals surface area contributed by atoms with Crippen molar-refractivity contribution in [2.45, 2.75) is 25.0 Å². The lowest BCUT2D eigenvalue weighted by Gasteiger charge is -2.25. The fourth-order valence-electron chi connectivity index (χ4n) is 4.42. The molecule has 0 unspecified atom stereocenters. The van der Waals surface area contributed by atoms with Crippen molar-refractivity contribution in [1.29, 1.82) is 0 Å². The zero-order chi connectivity index (χ0) is 26.4. The minimum absolute atomic E-state index is 0.0225. The van der Waals surface area contributed by atoms with Crippen LogP contribution in [0.15, 0.2) is 60.9 Å². The Morgan fingerprint density at radius 2 is 2.00 bits per heavy atom. The number of benzene rings is 2. The number of methoxy groups -OCH3 is 1. The number of likely N-dealkylation sites (N-methyl/N-ethyl adjacent to an activating group) is 1. The molecule has 1 fully saturated rings. The lowest BCUT2D eigenvalue weighted by molar-refractivity contribution is -0.134. The number of hydrogen-bond acceptors (Lipinski definition) is 6. The highest BCUT2D eigenvalue weighted by Crippen LogP contribution is 2.31. The second kappa shape index (κ2) is 12.0. The molecule has 2 aromatic carbocycles. The van der Waals surface area contributed by atoms with Crippen LogP contribution < -0.4 is 10.1 Å². The molecule has 1 aromatic heterocycles. The van der Waals surface area contributed by atoms with Crippen LogP contribution in [0, 0.1) is 5.82 Å². The molecule has 9 nitrogen and oxygen atoms in total. The van der Waals surface area contributed by atoms with Crippen molar-refractivity contribution in [3.8, 4) is 5.75 Å². The predicted octanol–water partition coefficient (Wildman–Crippen LogP) is 3.20. The molecule has 1 aliphatic rings. The zero-order valence-corrected chi connectivity index (χ0v) is 21.3. The summed E-state index contributed by atoms with van der Waals surface area (Å²) in [5, 5.41) is 7.26. The molecule has 2 atom stereocenters. The van der Waals surface area contributed by atoms with Gasteiger partial charge in [0, 0.05) is 50.6 Å². The Kier molecular flexibility index (Phi) is 8.52. The van der Waals surface area contributed by atoms with Crippen LogP contribution in [0.3, 0.4) is 0 Å². The van der Waals surface area contributed by atoms with Crippen LogP contribution >= 0.6 is 0 Å². The number of carbonyl (C=O) groups excluding carboxylic acids is 2. The number of aromatic nitrogens is 2. The Balaban J connectivity index is 1.45. The number of likely N-dealkylation sites (tertiary alicyclic amines) is 1. The van der Waals surface area contributed by atoms with Gasteiger partial charge in [0.05, 0.1) is 31.6 Å². The fraction of sp³-hybridized carbons (Fsp3) is 0.370. The van der Waals surface area contributed by atoms with Crippen molar-refractivity contribution < 1.29 is 23.5 Å². The maximum Gasteiger partial charge on any atom is 0.255 e. The van der Waals surface area contributed by atoms with Crippen molar-refractivity contribution in [3.05, 3.63) is 77.9 Å². The Morgan fingerprint density at radius 1 is 1.19 bits per heavy atom.